The molecule has 0 saturated carbocycles. The van der Waals surface area contributed by atoms with Crippen LogP contribution in [0.25, 0.3) is 0 Å². The van der Waals surface area contributed by atoms with Gasteiger partial charge in [-0.2, -0.15) is 5.26 Å². The lowest BCUT2D eigenvalue weighted by Crippen LogP contribution is -2.15. The molecular formula is C12H14N2O2S. The van der Waals surface area contributed by atoms with E-state index < -0.39 is 9.84 Å². The molecule has 1 atom stereocenters. The third-order valence-corrected chi connectivity index (χ3v) is 4.75. The molecule has 4 nitrogen and oxygen atoms in total. The van der Waals surface area contributed by atoms with Gasteiger partial charge in [-0.15, -0.1) is 0 Å². The molecule has 1 aliphatic heterocycles. The maximum atomic E-state index is 11.3. The van der Waals surface area contributed by atoms with Crippen molar-refractivity contribution in [3.8, 4) is 6.07 Å². The second-order valence-electron chi connectivity index (χ2n) is 4.34. The average molecular weight is 250 g/mol. The van der Waals surface area contributed by atoms with E-state index in [1.54, 1.807) is 12.1 Å². The van der Waals surface area contributed by atoms with Gasteiger partial charge in [-0.3, -0.25) is 0 Å². The third-order valence-electron chi connectivity index (χ3n) is 2.91. The predicted octanol–water partition coefficient (Wildman–Crippen LogP) is 1.40. The van der Waals surface area contributed by atoms with Crippen LogP contribution < -0.4 is 5.32 Å². The molecule has 17 heavy (non-hydrogen) atoms. The standard InChI is InChI=1S/C12H14N2O2S/c13-7-10-2-1-3-12(6-10)14-8-11-4-5-17(15,16)9-11/h1-3,6,11,14H,4-5,8-9H2. The maximum absolute atomic E-state index is 11.3. The van der Waals surface area contributed by atoms with Gasteiger partial charge < -0.3 is 5.32 Å². The summed E-state index contributed by atoms with van der Waals surface area (Å²) < 4.78 is 22.6. The van der Waals surface area contributed by atoms with E-state index in [0.29, 0.717) is 17.9 Å². The van der Waals surface area contributed by atoms with Crippen LogP contribution in [0, 0.1) is 17.2 Å². The number of sulfone groups is 1. The van der Waals surface area contributed by atoms with Crippen molar-refractivity contribution in [2.24, 2.45) is 5.92 Å². The normalized spacial score (nSPS) is 21.9. The van der Waals surface area contributed by atoms with Crippen LogP contribution in [0.5, 0.6) is 0 Å². The van der Waals surface area contributed by atoms with E-state index in [0.717, 1.165) is 12.1 Å². The molecular weight excluding hydrogens is 236 g/mol. The molecule has 0 spiro atoms. The lowest BCUT2D eigenvalue weighted by Gasteiger charge is -2.10. The summed E-state index contributed by atoms with van der Waals surface area (Å²) >= 11 is 0. The van der Waals surface area contributed by atoms with Gasteiger partial charge in [0.05, 0.1) is 23.1 Å². The van der Waals surface area contributed by atoms with Crippen LogP contribution in [0.3, 0.4) is 0 Å². The Morgan fingerprint density at radius 2 is 2.29 bits per heavy atom. The summed E-state index contributed by atoms with van der Waals surface area (Å²) in [5.41, 5.74) is 1.47. The Morgan fingerprint density at radius 1 is 1.47 bits per heavy atom. The topological polar surface area (TPSA) is 70.0 Å². The van der Waals surface area contributed by atoms with Gasteiger partial charge >= 0.3 is 0 Å². The molecule has 2 rings (SSSR count). The summed E-state index contributed by atoms with van der Waals surface area (Å²) in [4.78, 5) is 0. The monoisotopic (exact) mass is 250 g/mol. The zero-order chi connectivity index (χ0) is 12.3. The molecule has 5 heteroatoms. The Labute approximate surface area is 101 Å². The summed E-state index contributed by atoms with van der Waals surface area (Å²) in [5, 5.41) is 11.9. The molecule has 0 radical (unpaired) electrons. The summed E-state index contributed by atoms with van der Waals surface area (Å²) in [6.07, 6.45) is 0.729. The van der Waals surface area contributed by atoms with Gasteiger partial charge in [-0.05, 0) is 30.5 Å². The first kappa shape index (κ1) is 11.9. The highest BCUT2D eigenvalue weighted by atomic mass is 32.2. The Balaban J connectivity index is 1.93. The molecule has 90 valence electrons. The summed E-state index contributed by atoms with van der Waals surface area (Å²) in [6, 6.07) is 9.27. The first-order valence-electron chi connectivity index (χ1n) is 5.53. The number of benzene rings is 1. The molecule has 1 aromatic rings. The lowest BCUT2D eigenvalue weighted by atomic mass is 10.1. The summed E-state index contributed by atoms with van der Waals surface area (Å²) in [5.74, 6) is 0.765. The van der Waals surface area contributed by atoms with E-state index >= 15 is 0 Å². The average Bonchev–Trinajstić information content (AvgIpc) is 2.67. The highest BCUT2D eigenvalue weighted by Crippen LogP contribution is 2.19. The molecule has 0 bridgehead atoms. The highest BCUT2D eigenvalue weighted by Gasteiger charge is 2.27. The van der Waals surface area contributed by atoms with Crippen molar-refractivity contribution in [2.45, 2.75) is 6.42 Å². The quantitative estimate of drug-likeness (QED) is 0.880. The number of hydrogen-bond acceptors (Lipinski definition) is 4. The van der Waals surface area contributed by atoms with Gasteiger partial charge in [0.25, 0.3) is 0 Å². The largest absolute Gasteiger partial charge is 0.385 e. The van der Waals surface area contributed by atoms with Crippen molar-refractivity contribution in [3.05, 3.63) is 29.8 Å². The van der Waals surface area contributed by atoms with Gasteiger partial charge in [0.15, 0.2) is 9.84 Å². The third kappa shape index (κ3) is 3.21. The number of rotatable bonds is 3. The van der Waals surface area contributed by atoms with E-state index in [1.165, 1.54) is 0 Å². The van der Waals surface area contributed by atoms with Gasteiger partial charge in [0.2, 0.25) is 0 Å². The molecule has 0 amide bonds. The van der Waals surface area contributed by atoms with E-state index in [-0.39, 0.29) is 11.7 Å². The number of nitrogens with one attached hydrogen (secondary N) is 1. The van der Waals surface area contributed by atoms with E-state index in [2.05, 4.69) is 11.4 Å². The summed E-state index contributed by atoms with van der Waals surface area (Å²) in [6.45, 7) is 0.647. The predicted molar refractivity (Wildman–Crippen MR) is 66.4 cm³/mol. The van der Waals surface area contributed by atoms with Crippen molar-refractivity contribution < 1.29 is 8.42 Å². The van der Waals surface area contributed by atoms with Crippen molar-refractivity contribution in [1.29, 1.82) is 5.26 Å². The van der Waals surface area contributed by atoms with E-state index in [1.807, 2.05) is 12.1 Å². The Kier molecular flexibility index (Phi) is 3.34. The van der Waals surface area contributed by atoms with Crippen molar-refractivity contribution >= 4 is 15.5 Å². The fourth-order valence-corrected chi connectivity index (χ4v) is 3.86. The fraction of sp³-hybridized carbons (Fsp3) is 0.417. The number of nitriles is 1. The minimum absolute atomic E-state index is 0.186. The van der Waals surface area contributed by atoms with E-state index in [9.17, 15) is 8.42 Å². The maximum Gasteiger partial charge on any atom is 0.150 e. The van der Waals surface area contributed by atoms with Crippen molar-refractivity contribution in [3.63, 3.8) is 0 Å². The van der Waals surface area contributed by atoms with Crippen LogP contribution in [0.2, 0.25) is 0 Å². The van der Waals surface area contributed by atoms with Crippen molar-refractivity contribution in [2.75, 3.05) is 23.4 Å². The van der Waals surface area contributed by atoms with Crippen LogP contribution in [-0.4, -0.2) is 26.5 Å². The Morgan fingerprint density at radius 3 is 2.94 bits per heavy atom. The lowest BCUT2D eigenvalue weighted by molar-refractivity contribution is 0.596. The first-order valence-corrected chi connectivity index (χ1v) is 7.36. The van der Waals surface area contributed by atoms with Gasteiger partial charge in [-0.25, -0.2) is 8.42 Å². The molecule has 0 aliphatic carbocycles. The molecule has 1 aliphatic rings. The minimum Gasteiger partial charge on any atom is -0.385 e. The number of anilines is 1. The van der Waals surface area contributed by atoms with Gasteiger partial charge in [0.1, 0.15) is 0 Å². The Bertz CT molecular complexity index is 546. The van der Waals surface area contributed by atoms with Gasteiger partial charge in [0, 0.05) is 12.2 Å². The van der Waals surface area contributed by atoms with Crippen molar-refractivity contribution in [1.82, 2.24) is 0 Å². The van der Waals surface area contributed by atoms with Crippen LogP contribution in [-0.2, 0) is 9.84 Å². The number of nitrogens with zero attached hydrogens (tertiary/aromatic N) is 1. The second-order valence-corrected chi connectivity index (χ2v) is 6.57. The zero-order valence-electron chi connectivity index (χ0n) is 9.39. The van der Waals surface area contributed by atoms with E-state index in [4.69, 9.17) is 5.26 Å². The van der Waals surface area contributed by atoms with Crippen LogP contribution >= 0.6 is 0 Å². The molecule has 1 fully saturated rings. The van der Waals surface area contributed by atoms with Gasteiger partial charge in [-0.1, -0.05) is 6.07 Å². The molecule has 1 unspecified atom stereocenters. The SMILES string of the molecule is N#Cc1cccc(NCC2CCS(=O)(=O)C2)c1. The second kappa shape index (κ2) is 4.76. The van der Waals surface area contributed by atoms with Crippen LogP contribution in [0.1, 0.15) is 12.0 Å². The zero-order valence-corrected chi connectivity index (χ0v) is 10.2. The summed E-state index contributed by atoms with van der Waals surface area (Å²) in [7, 11) is -2.81. The smallest absolute Gasteiger partial charge is 0.150 e. The molecule has 1 N–H and O–H groups in total. The Hall–Kier alpha value is -1.54. The van der Waals surface area contributed by atoms with Crippen LogP contribution in [0.15, 0.2) is 24.3 Å². The molecule has 1 saturated heterocycles. The van der Waals surface area contributed by atoms with Crippen LogP contribution in [0.4, 0.5) is 5.69 Å². The number of hydrogen-bond donors (Lipinski definition) is 1. The molecule has 1 aromatic carbocycles. The molecule has 0 aromatic heterocycles. The minimum atomic E-state index is -2.81. The highest BCUT2D eigenvalue weighted by molar-refractivity contribution is 7.91. The molecule has 1 heterocycles. The fourth-order valence-electron chi connectivity index (χ4n) is 1.99. The first-order chi connectivity index (χ1) is 8.09.